The van der Waals surface area contributed by atoms with Crippen molar-refractivity contribution in [3.8, 4) is 16.5 Å². The number of amides is 1. The minimum absolute atomic E-state index is 0.0814. The smallest absolute Gasteiger partial charge is 0.257 e. The van der Waals surface area contributed by atoms with Crippen LogP contribution in [0, 0.1) is 5.92 Å². The summed E-state index contributed by atoms with van der Waals surface area (Å²) in [5.41, 5.74) is 2.54. The van der Waals surface area contributed by atoms with Gasteiger partial charge in [-0.3, -0.25) is 9.69 Å². The molecule has 9 heteroatoms. The first-order valence-corrected chi connectivity index (χ1v) is 13.7. The average Bonchev–Trinajstić information content (AvgIpc) is 3.41. The van der Waals surface area contributed by atoms with E-state index in [9.17, 15) is 9.90 Å². The molecule has 1 amide bonds. The Balaban J connectivity index is 1.19. The van der Waals surface area contributed by atoms with Crippen LogP contribution in [0.15, 0.2) is 36.0 Å². The normalized spacial score (nSPS) is 22.0. The van der Waals surface area contributed by atoms with Crippen LogP contribution in [0.3, 0.4) is 0 Å². The highest BCUT2D eigenvalue weighted by molar-refractivity contribution is 7.13. The molecule has 1 aliphatic carbocycles. The second kappa shape index (κ2) is 9.79. The molecular formula is C26H32N6O2S. The number of rotatable bonds is 6. The number of hydrogen-bond acceptors (Lipinski definition) is 7. The van der Waals surface area contributed by atoms with E-state index in [-0.39, 0.29) is 12.5 Å². The monoisotopic (exact) mass is 492 g/mol. The molecule has 8 nitrogen and oxygen atoms in total. The van der Waals surface area contributed by atoms with Crippen LogP contribution in [0.25, 0.3) is 16.5 Å². The molecule has 3 fully saturated rings. The van der Waals surface area contributed by atoms with Gasteiger partial charge in [0, 0.05) is 44.4 Å². The van der Waals surface area contributed by atoms with Crippen LogP contribution in [0.5, 0.6) is 0 Å². The van der Waals surface area contributed by atoms with E-state index in [2.05, 4.69) is 15.0 Å². The summed E-state index contributed by atoms with van der Waals surface area (Å²) in [7, 11) is 0. The molecule has 2 aliphatic heterocycles. The van der Waals surface area contributed by atoms with E-state index in [1.165, 1.54) is 0 Å². The van der Waals surface area contributed by atoms with Crippen molar-refractivity contribution in [1.82, 2.24) is 29.5 Å². The summed E-state index contributed by atoms with van der Waals surface area (Å²) in [6.07, 6.45) is 9.89. The van der Waals surface area contributed by atoms with Crippen LogP contribution in [-0.2, 0) is 0 Å². The molecule has 0 bridgehead atoms. The van der Waals surface area contributed by atoms with Gasteiger partial charge in [0.2, 0.25) is 0 Å². The summed E-state index contributed by atoms with van der Waals surface area (Å²) in [6.45, 7) is 3.91. The minimum atomic E-state index is 0.0814. The van der Waals surface area contributed by atoms with Gasteiger partial charge in [0.25, 0.3) is 11.9 Å². The van der Waals surface area contributed by atoms with Crippen molar-refractivity contribution in [2.24, 2.45) is 5.92 Å². The molecule has 1 atom stereocenters. The quantitative estimate of drug-likeness (QED) is 0.566. The first kappa shape index (κ1) is 22.8. The van der Waals surface area contributed by atoms with Crippen LogP contribution < -0.4 is 0 Å². The molecule has 1 saturated carbocycles. The number of likely N-dealkylation sites (tertiary alicyclic amines) is 2. The molecule has 0 aromatic carbocycles. The second-order valence-corrected chi connectivity index (χ2v) is 11.0. The van der Waals surface area contributed by atoms with Gasteiger partial charge in [-0.25, -0.2) is 14.6 Å². The molecule has 2 saturated heterocycles. The molecule has 184 valence electrons. The molecule has 0 unspecified atom stereocenters. The number of hydrogen-bond donors (Lipinski definition) is 1. The number of aliphatic hydroxyl groups is 1. The molecule has 3 aromatic rings. The Kier molecular flexibility index (Phi) is 6.39. The van der Waals surface area contributed by atoms with Gasteiger partial charge in [0.15, 0.2) is 0 Å². The standard InChI is InChI=1S/C26H32N6O2S/c33-17-18-3-1-11-31(16-18)20-8-12-30(13-9-20)25(34)21-15-28-32(24(21)19-5-6-19)26-27-10-7-22(29-26)23-4-2-14-35-23/h2,4,7,10,14-15,18-20,33H,1,3,5-6,8-9,11-13,16-17H2/t18-/m0/s1. The van der Waals surface area contributed by atoms with Gasteiger partial charge < -0.3 is 10.0 Å². The lowest BCUT2D eigenvalue weighted by Crippen LogP contribution is -2.50. The predicted molar refractivity (Wildman–Crippen MR) is 135 cm³/mol. The maximum absolute atomic E-state index is 13.6. The third-order valence-corrected chi connectivity index (χ3v) is 8.58. The summed E-state index contributed by atoms with van der Waals surface area (Å²) in [5, 5.41) is 16.2. The van der Waals surface area contributed by atoms with Crippen LogP contribution in [0.2, 0.25) is 0 Å². The highest BCUT2D eigenvalue weighted by atomic mass is 32.1. The molecule has 5 heterocycles. The number of carbonyl (C=O) groups is 1. The summed E-state index contributed by atoms with van der Waals surface area (Å²) in [6, 6.07) is 6.49. The van der Waals surface area contributed by atoms with Gasteiger partial charge in [0.05, 0.1) is 28.0 Å². The van der Waals surface area contributed by atoms with Crippen LogP contribution in [0.1, 0.15) is 60.5 Å². The summed E-state index contributed by atoms with van der Waals surface area (Å²) in [4.78, 5) is 28.5. The second-order valence-electron chi connectivity index (χ2n) is 10.1. The van der Waals surface area contributed by atoms with E-state index in [1.54, 1.807) is 28.4 Å². The van der Waals surface area contributed by atoms with Gasteiger partial charge in [-0.05, 0) is 68.5 Å². The maximum atomic E-state index is 13.6. The number of carbonyl (C=O) groups excluding carboxylic acids is 1. The zero-order valence-corrected chi connectivity index (χ0v) is 20.7. The Hall–Kier alpha value is -2.62. The number of aliphatic hydroxyl groups excluding tert-OH is 1. The minimum Gasteiger partial charge on any atom is -0.396 e. The zero-order valence-electron chi connectivity index (χ0n) is 19.9. The number of thiophene rings is 1. The Morgan fingerprint density at radius 2 is 1.97 bits per heavy atom. The SMILES string of the molecule is O=C(c1cnn(-c2nccc(-c3cccs3)n2)c1C1CC1)N1CCC(N2CCC[C@H](CO)C2)CC1. The van der Waals surface area contributed by atoms with Crippen LogP contribution in [-0.4, -0.2) is 79.4 Å². The fourth-order valence-electron chi connectivity index (χ4n) is 5.63. The van der Waals surface area contributed by atoms with Crippen molar-refractivity contribution in [3.05, 3.63) is 47.2 Å². The Bertz CT molecular complexity index is 1170. The van der Waals surface area contributed by atoms with E-state index >= 15 is 0 Å². The van der Waals surface area contributed by atoms with Crippen molar-refractivity contribution in [3.63, 3.8) is 0 Å². The van der Waals surface area contributed by atoms with Gasteiger partial charge in [-0.15, -0.1) is 11.3 Å². The Morgan fingerprint density at radius 3 is 2.71 bits per heavy atom. The fraction of sp³-hybridized carbons (Fsp3) is 0.538. The zero-order chi connectivity index (χ0) is 23.8. The van der Waals surface area contributed by atoms with Gasteiger partial charge in [-0.2, -0.15) is 5.10 Å². The van der Waals surface area contributed by atoms with Crippen molar-refractivity contribution in [2.45, 2.75) is 50.5 Å². The van der Waals surface area contributed by atoms with E-state index < -0.39 is 0 Å². The van der Waals surface area contributed by atoms with Crippen molar-refractivity contribution in [2.75, 3.05) is 32.8 Å². The summed E-state index contributed by atoms with van der Waals surface area (Å²) < 4.78 is 1.79. The van der Waals surface area contributed by atoms with Gasteiger partial charge in [0.1, 0.15) is 0 Å². The first-order chi connectivity index (χ1) is 17.2. The molecule has 35 heavy (non-hydrogen) atoms. The van der Waals surface area contributed by atoms with E-state index in [4.69, 9.17) is 4.98 Å². The molecule has 6 rings (SSSR count). The molecule has 1 N–H and O–H groups in total. The topological polar surface area (TPSA) is 87.4 Å². The lowest BCUT2D eigenvalue weighted by atomic mass is 9.94. The van der Waals surface area contributed by atoms with E-state index in [1.807, 2.05) is 28.5 Å². The summed E-state index contributed by atoms with van der Waals surface area (Å²) >= 11 is 1.65. The molecule has 3 aliphatic rings. The molecule has 3 aromatic heterocycles. The largest absolute Gasteiger partial charge is 0.396 e. The highest BCUT2D eigenvalue weighted by Crippen LogP contribution is 2.42. The van der Waals surface area contributed by atoms with Crippen LogP contribution in [0.4, 0.5) is 0 Å². The van der Waals surface area contributed by atoms with Crippen molar-refractivity contribution < 1.29 is 9.90 Å². The maximum Gasteiger partial charge on any atom is 0.257 e. The Labute approximate surface area is 209 Å². The number of aromatic nitrogens is 4. The first-order valence-electron chi connectivity index (χ1n) is 12.8. The Morgan fingerprint density at radius 1 is 1.11 bits per heavy atom. The van der Waals surface area contributed by atoms with E-state index in [0.717, 1.165) is 81.0 Å². The van der Waals surface area contributed by atoms with E-state index in [0.29, 0.717) is 29.4 Å². The molecular weight excluding hydrogens is 460 g/mol. The molecule has 0 spiro atoms. The highest BCUT2D eigenvalue weighted by Gasteiger charge is 2.36. The third-order valence-electron chi connectivity index (χ3n) is 7.68. The third kappa shape index (κ3) is 4.64. The van der Waals surface area contributed by atoms with Crippen molar-refractivity contribution in [1.29, 1.82) is 0 Å². The van der Waals surface area contributed by atoms with Crippen molar-refractivity contribution >= 4 is 17.2 Å². The van der Waals surface area contributed by atoms with Crippen LogP contribution >= 0.6 is 11.3 Å². The lowest BCUT2D eigenvalue weighted by Gasteiger charge is -2.42. The van der Waals surface area contributed by atoms with Gasteiger partial charge in [-0.1, -0.05) is 6.07 Å². The lowest BCUT2D eigenvalue weighted by molar-refractivity contribution is 0.0454. The molecule has 0 radical (unpaired) electrons. The van der Waals surface area contributed by atoms with Gasteiger partial charge >= 0.3 is 0 Å². The predicted octanol–water partition coefficient (Wildman–Crippen LogP) is 3.58. The summed E-state index contributed by atoms with van der Waals surface area (Å²) in [5.74, 6) is 1.35. The fourth-order valence-corrected chi connectivity index (χ4v) is 6.32. The average molecular weight is 493 g/mol. The number of nitrogens with zero attached hydrogens (tertiary/aromatic N) is 6. The number of piperidine rings is 2.